The summed E-state index contributed by atoms with van der Waals surface area (Å²) in [5, 5.41) is 5.81. The first kappa shape index (κ1) is 13.0. The molecule has 1 fully saturated rings. The van der Waals surface area contributed by atoms with Gasteiger partial charge in [0.05, 0.1) is 5.92 Å². The molecule has 0 radical (unpaired) electrons. The molecule has 3 nitrogen and oxygen atoms in total. The first-order chi connectivity index (χ1) is 8.49. The first-order valence-corrected chi connectivity index (χ1v) is 5.99. The summed E-state index contributed by atoms with van der Waals surface area (Å²) in [5.74, 6) is -2.09. The lowest BCUT2D eigenvalue weighted by molar-refractivity contribution is -0.120. The van der Waals surface area contributed by atoms with Crippen LogP contribution in [-0.2, 0) is 4.79 Å². The van der Waals surface area contributed by atoms with E-state index in [-0.39, 0.29) is 23.4 Å². The Labute approximate surface area is 105 Å². The second kappa shape index (κ2) is 5.02. The van der Waals surface area contributed by atoms with E-state index in [1.807, 2.05) is 6.92 Å². The highest BCUT2D eigenvalue weighted by Gasteiger charge is 2.29. The minimum Gasteiger partial charge on any atom is -0.326 e. The topological polar surface area (TPSA) is 41.1 Å². The van der Waals surface area contributed by atoms with Crippen molar-refractivity contribution in [3.63, 3.8) is 0 Å². The maximum atomic E-state index is 13.2. The molecular formula is C13H16F2N2O. The molecule has 0 unspecified atom stereocenters. The van der Waals surface area contributed by atoms with Gasteiger partial charge in [0, 0.05) is 17.8 Å². The molecule has 1 amide bonds. The van der Waals surface area contributed by atoms with E-state index in [0.29, 0.717) is 5.69 Å². The van der Waals surface area contributed by atoms with Crippen LogP contribution in [0.4, 0.5) is 14.5 Å². The van der Waals surface area contributed by atoms with Crippen molar-refractivity contribution in [3.8, 4) is 0 Å². The maximum absolute atomic E-state index is 13.2. The van der Waals surface area contributed by atoms with Crippen LogP contribution >= 0.6 is 0 Å². The van der Waals surface area contributed by atoms with Crippen LogP contribution in [0.5, 0.6) is 0 Å². The van der Waals surface area contributed by atoms with Gasteiger partial charge in [0.1, 0.15) is 0 Å². The van der Waals surface area contributed by atoms with E-state index in [9.17, 15) is 13.6 Å². The third-order valence-corrected chi connectivity index (χ3v) is 3.34. The summed E-state index contributed by atoms with van der Waals surface area (Å²) in [7, 11) is 0. The third-order valence-electron chi connectivity index (χ3n) is 3.34. The number of carbonyl (C=O) groups is 1. The molecule has 1 aromatic carbocycles. The summed E-state index contributed by atoms with van der Waals surface area (Å²) in [4.78, 5) is 12.0. The van der Waals surface area contributed by atoms with Gasteiger partial charge in [-0.15, -0.1) is 0 Å². The number of aryl methyl sites for hydroxylation is 1. The summed E-state index contributed by atoms with van der Waals surface area (Å²) in [6, 6.07) is 2.55. The monoisotopic (exact) mass is 254 g/mol. The van der Waals surface area contributed by atoms with Crippen LogP contribution in [0.1, 0.15) is 18.9 Å². The third kappa shape index (κ3) is 2.51. The highest BCUT2D eigenvalue weighted by atomic mass is 19.2. The average Bonchev–Trinajstić information content (AvgIpc) is 2.72. The van der Waals surface area contributed by atoms with E-state index < -0.39 is 11.6 Å². The van der Waals surface area contributed by atoms with Crippen LogP contribution in [0.15, 0.2) is 12.1 Å². The minimum absolute atomic E-state index is 0.108. The van der Waals surface area contributed by atoms with Gasteiger partial charge in [0.2, 0.25) is 5.91 Å². The molecular weight excluding hydrogens is 238 g/mol. The van der Waals surface area contributed by atoms with E-state index >= 15 is 0 Å². The molecule has 2 atom stereocenters. The fraction of sp³-hybridized carbons (Fsp3) is 0.462. The largest absolute Gasteiger partial charge is 0.326 e. The van der Waals surface area contributed by atoms with Crippen LogP contribution in [0.2, 0.25) is 0 Å². The molecule has 2 rings (SSSR count). The van der Waals surface area contributed by atoms with Gasteiger partial charge in [-0.3, -0.25) is 4.79 Å². The number of hydrogen-bond donors (Lipinski definition) is 2. The van der Waals surface area contributed by atoms with Gasteiger partial charge in [-0.2, -0.15) is 0 Å². The molecule has 0 spiro atoms. The van der Waals surface area contributed by atoms with E-state index in [2.05, 4.69) is 10.6 Å². The highest BCUT2D eigenvalue weighted by Crippen LogP contribution is 2.21. The molecule has 5 heteroatoms. The van der Waals surface area contributed by atoms with Crippen molar-refractivity contribution < 1.29 is 13.6 Å². The zero-order chi connectivity index (χ0) is 13.3. The lowest BCUT2D eigenvalue weighted by atomic mass is 10.0. The van der Waals surface area contributed by atoms with Crippen molar-refractivity contribution >= 4 is 11.6 Å². The smallest absolute Gasteiger partial charge is 0.229 e. The van der Waals surface area contributed by atoms with E-state index in [0.717, 1.165) is 19.0 Å². The van der Waals surface area contributed by atoms with Crippen LogP contribution in [-0.4, -0.2) is 18.5 Å². The Morgan fingerprint density at radius 2 is 2.17 bits per heavy atom. The molecule has 98 valence electrons. The number of benzene rings is 1. The second-order valence-electron chi connectivity index (χ2n) is 4.72. The quantitative estimate of drug-likeness (QED) is 0.849. The number of hydrogen-bond acceptors (Lipinski definition) is 2. The van der Waals surface area contributed by atoms with Crippen LogP contribution in [0, 0.1) is 24.5 Å². The molecule has 2 N–H and O–H groups in total. The fourth-order valence-electron chi connectivity index (χ4n) is 2.25. The van der Waals surface area contributed by atoms with Crippen LogP contribution in [0.25, 0.3) is 0 Å². The molecule has 0 bridgehead atoms. The van der Waals surface area contributed by atoms with Gasteiger partial charge in [0.15, 0.2) is 11.6 Å². The maximum Gasteiger partial charge on any atom is 0.229 e. The Balaban J connectivity index is 2.12. The van der Waals surface area contributed by atoms with Gasteiger partial charge in [-0.1, -0.05) is 0 Å². The minimum atomic E-state index is -0.942. The Kier molecular flexibility index (Phi) is 3.61. The zero-order valence-electron chi connectivity index (χ0n) is 10.4. The van der Waals surface area contributed by atoms with Crippen molar-refractivity contribution in [1.82, 2.24) is 5.32 Å². The molecule has 1 aliphatic heterocycles. The summed E-state index contributed by atoms with van der Waals surface area (Å²) < 4.78 is 26.3. The van der Waals surface area contributed by atoms with Gasteiger partial charge >= 0.3 is 0 Å². The SMILES string of the molecule is Cc1cc(NC(=O)[C@H]2CCN[C@H]2C)cc(F)c1F. The van der Waals surface area contributed by atoms with Crippen molar-refractivity contribution in [2.45, 2.75) is 26.3 Å². The molecule has 1 heterocycles. The normalized spacial score (nSPS) is 23.1. The number of halogens is 2. The van der Waals surface area contributed by atoms with Gasteiger partial charge in [0.25, 0.3) is 0 Å². The van der Waals surface area contributed by atoms with Gasteiger partial charge < -0.3 is 10.6 Å². The summed E-state index contributed by atoms with van der Waals surface area (Å²) in [6.45, 7) is 4.21. The number of nitrogens with one attached hydrogen (secondary N) is 2. The molecule has 0 aromatic heterocycles. The first-order valence-electron chi connectivity index (χ1n) is 5.99. The fourth-order valence-corrected chi connectivity index (χ4v) is 2.25. The molecule has 18 heavy (non-hydrogen) atoms. The van der Waals surface area contributed by atoms with Crippen LogP contribution < -0.4 is 10.6 Å². The van der Waals surface area contributed by atoms with Crippen molar-refractivity contribution in [2.24, 2.45) is 5.92 Å². The molecule has 0 aliphatic carbocycles. The van der Waals surface area contributed by atoms with E-state index in [1.165, 1.54) is 13.0 Å². The van der Waals surface area contributed by atoms with Crippen molar-refractivity contribution in [1.29, 1.82) is 0 Å². The molecule has 1 aliphatic rings. The number of anilines is 1. The van der Waals surface area contributed by atoms with Crippen LogP contribution in [0.3, 0.4) is 0 Å². The summed E-state index contributed by atoms with van der Waals surface area (Å²) in [6.07, 6.45) is 0.760. The highest BCUT2D eigenvalue weighted by molar-refractivity contribution is 5.93. The number of carbonyl (C=O) groups excluding carboxylic acids is 1. The number of rotatable bonds is 2. The van der Waals surface area contributed by atoms with Crippen molar-refractivity contribution in [2.75, 3.05) is 11.9 Å². The summed E-state index contributed by atoms with van der Waals surface area (Å²) >= 11 is 0. The predicted molar refractivity (Wildman–Crippen MR) is 65.3 cm³/mol. The zero-order valence-corrected chi connectivity index (χ0v) is 10.4. The van der Waals surface area contributed by atoms with E-state index in [1.54, 1.807) is 0 Å². The average molecular weight is 254 g/mol. The molecule has 1 saturated heterocycles. The van der Waals surface area contributed by atoms with Gasteiger partial charge in [-0.05, 0) is 38.4 Å². The summed E-state index contributed by atoms with van der Waals surface area (Å²) in [5.41, 5.74) is 0.485. The van der Waals surface area contributed by atoms with Crippen molar-refractivity contribution in [3.05, 3.63) is 29.3 Å². The second-order valence-corrected chi connectivity index (χ2v) is 4.72. The lowest BCUT2D eigenvalue weighted by Gasteiger charge is -2.15. The Morgan fingerprint density at radius 3 is 2.72 bits per heavy atom. The standard InChI is InChI=1S/C13H16F2N2O/c1-7-5-9(6-11(14)12(7)15)17-13(18)10-3-4-16-8(10)2/h5-6,8,10,16H,3-4H2,1-2H3,(H,17,18)/t8-,10-/m0/s1. The Morgan fingerprint density at radius 1 is 1.44 bits per heavy atom. The van der Waals surface area contributed by atoms with Gasteiger partial charge in [-0.25, -0.2) is 8.78 Å². The predicted octanol–water partition coefficient (Wildman–Crippen LogP) is 2.21. The Bertz CT molecular complexity index is 453. The molecule has 0 saturated carbocycles. The number of amides is 1. The molecule has 1 aromatic rings. The lowest BCUT2D eigenvalue weighted by Crippen LogP contribution is -2.32. The Hall–Kier alpha value is -1.49. The van der Waals surface area contributed by atoms with E-state index in [4.69, 9.17) is 0 Å².